The van der Waals surface area contributed by atoms with E-state index in [2.05, 4.69) is 10.5 Å². The van der Waals surface area contributed by atoms with Gasteiger partial charge in [0.1, 0.15) is 5.76 Å². The van der Waals surface area contributed by atoms with E-state index in [4.69, 9.17) is 4.52 Å². The molecule has 0 atom stereocenters. The van der Waals surface area contributed by atoms with Crippen molar-refractivity contribution in [3.05, 3.63) is 47.3 Å². The molecule has 0 aliphatic carbocycles. The van der Waals surface area contributed by atoms with Gasteiger partial charge in [0.2, 0.25) is 0 Å². The summed E-state index contributed by atoms with van der Waals surface area (Å²) in [5.41, 5.74) is 1.58. The van der Waals surface area contributed by atoms with Gasteiger partial charge < -0.3 is 9.84 Å². The van der Waals surface area contributed by atoms with E-state index in [-0.39, 0.29) is 5.91 Å². The van der Waals surface area contributed by atoms with Crippen molar-refractivity contribution in [2.45, 2.75) is 30.9 Å². The molecule has 1 heterocycles. The summed E-state index contributed by atoms with van der Waals surface area (Å²) >= 11 is 1.58. The van der Waals surface area contributed by atoms with Gasteiger partial charge >= 0.3 is 0 Å². The normalized spacial score (nSPS) is 10.5. The van der Waals surface area contributed by atoms with Gasteiger partial charge in [-0.1, -0.05) is 24.2 Å². The molecule has 20 heavy (non-hydrogen) atoms. The lowest BCUT2D eigenvalue weighted by atomic mass is 10.2. The van der Waals surface area contributed by atoms with Gasteiger partial charge in [0, 0.05) is 17.5 Å². The minimum atomic E-state index is -0.0244. The minimum absolute atomic E-state index is 0.0244. The van der Waals surface area contributed by atoms with E-state index in [9.17, 15) is 4.79 Å². The molecule has 0 bridgehead atoms. The first-order valence-corrected chi connectivity index (χ1v) is 7.61. The summed E-state index contributed by atoms with van der Waals surface area (Å²) in [5, 5.41) is 6.76. The van der Waals surface area contributed by atoms with Crippen LogP contribution in [0.15, 0.2) is 39.8 Å². The molecule has 0 spiro atoms. The van der Waals surface area contributed by atoms with Crippen molar-refractivity contribution in [1.29, 1.82) is 0 Å². The van der Waals surface area contributed by atoms with Crippen LogP contribution in [0.5, 0.6) is 0 Å². The van der Waals surface area contributed by atoms with Crippen molar-refractivity contribution in [1.82, 2.24) is 10.5 Å². The molecule has 1 N–H and O–H groups in total. The predicted octanol–water partition coefficient (Wildman–Crippen LogP) is 3.42. The van der Waals surface area contributed by atoms with Crippen LogP contribution in [0.2, 0.25) is 0 Å². The van der Waals surface area contributed by atoms with Crippen molar-refractivity contribution < 1.29 is 9.32 Å². The molecule has 5 heteroatoms. The molecule has 0 saturated heterocycles. The van der Waals surface area contributed by atoms with Crippen molar-refractivity contribution in [3.8, 4) is 0 Å². The Kier molecular flexibility index (Phi) is 5.24. The Balaban J connectivity index is 2.05. The molecule has 106 valence electrons. The van der Waals surface area contributed by atoms with E-state index < -0.39 is 0 Å². The fourth-order valence-corrected chi connectivity index (χ4v) is 2.67. The lowest BCUT2D eigenvalue weighted by Gasteiger charge is -2.08. The van der Waals surface area contributed by atoms with Gasteiger partial charge in [0.25, 0.3) is 5.91 Å². The van der Waals surface area contributed by atoms with Gasteiger partial charge in [-0.15, -0.1) is 11.8 Å². The maximum absolute atomic E-state index is 12.1. The third-order valence-electron chi connectivity index (χ3n) is 2.71. The van der Waals surface area contributed by atoms with E-state index in [1.54, 1.807) is 11.8 Å². The summed E-state index contributed by atoms with van der Waals surface area (Å²) in [5.74, 6) is 1.46. The standard InChI is InChI=1S/C15H18N2O2S/c1-3-8-16-15(18)13-6-4-5-7-14(13)20-10-12-9-11(2)17-19-12/h4-7,9H,3,8,10H2,1-2H3,(H,16,18). The highest BCUT2D eigenvalue weighted by Crippen LogP contribution is 2.26. The summed E-state index contributed by atoms with van der Waals surface area (Å²) in [7, 11) is 0. The van der Waals surface area contributed by atoms with Crippen LogP contribution in [0.4, 0.5) is 0 Å². The number of rotatable bonds is 6. The molecule has 2 aromatic rings. The molecule has 0 fully saturated rings. The molecule has 0 radical (unpaired) electrons. The van der Waals surface area contributed by atoms with Gasteiger partial charge in [-0.05, 0) is 25.5 Å². The molecule has 2 rings (SSSR count). The van der Waals surface area contributed by atoms with Crippen LogP contribution in [-0.4, -0.2) is 17.6 Å². The van der Waals surface area contributed by atoms with Crippen LogP contribution in [0.1, 0.15) is 35.2 Å². The lowest BCUT2D eigenvalue weighted by molar-refractivity contribution is 0.0950. The summed E-state index contributed by atoms with van der Waals surface area (Å²) < 4.78 is 5.18. The fraction of sp³-hybridized carbons (Fsp3) is 0.333. The van der Waals surface area contributed by atoms with Crippen LogP contribution in [0.25, 0.3) is 0 Å². The molecule has 1 aromatic heterocycles. The Bertz CT molecular complexity index is 581. The zero-order valence-electron chi connectivity index (χ0n) is 11.7. The van der Waals surface area contributed by atoms with E-state index in [0.717, 1.165) is 22.8 Å². The van der Waals surface area contributed by atoms with Gasteiger partial charge in [-0.2, -0.15) is 0 Å². The number of hydrogen-bond donors (Lipinski definition) is 1. The lowest BCUT2D eigenvalue weighted by Crippen LogP contribution is -2.24. The van der Waals surface area contributed by atoms with Gasteiger partial charge in [0.15, 0.2) is 0 Å². The van der Waals surface area contributed by atoms with E-state index in [1.165, 1.54) is 0 Å². The number of aromatic nitrogens is 1. The second kappa shape index (κ2) is 7.14. The molecule has 0 unspecified atom stereocenters. The maximum Gasteiger partial charge on any atom is 0.252 e. The molecule has 4 nitrogen and oxygen atoms in total. The first-order valence-electron chi connectivity index (χ1n) is 6.63. The number of benzene rings is 1. The summed E-state index contributed by atoms with van der Waals surface area (Å²) in [6, 6.07) is 9.52. The van der Waals surface area contributed by atoms with Crippen LogP contribution in [0.3, 0.4) is 0 Å². The molecular weight excluding hydrogens is 272 g/mol. The highest BCUT2D eigenvalue weighted by molar-refractivity contribution is 7.98. The molecule has 0 aliphatic heterocycles. The molecule has 0 aliphatic rings. The van der Waals surface area contributed by atoms with Crippen LogP contribution < -0.4 is 5.32 Å². The number of carbonyl (C=O) groups excluding carboxylic acids is 1. The zero-order valence-corrected chi connectivity index (χ0v) is 12.5. The summed E-state index contributed by atoms with van der Waals surface area (Å²) in [6.07, 6.45) is 0.929. The average Bonchev–Trinajstić information content (AvgIpc) is 2.88. The Morgan fingerprint density at radius 3 is 2.90 bits per heavy atom. The fourth-order valence-electron chi connectivity index (χ4n) is 1.75. The van der Waals surface area contributed by atoms with Gasteiger partial charge in [-0.25, -0.2) is 0 Å². The molecule has 1 aromatic carbocycles. The van der Waals surface area contributed by atoms with Crippen LogP contribution in [0, 0.1) is 6.92 Å². The Labute approximate surface area is 122 Å². The minimum Gasteiger partial charge on any atom is -0.360 e. The highest BCUT2D eigenvalue weighted by atomic mass is 32.2. The Hall–Kier alpha value is -1.75. The molecular formula is C15H18N2O2S. The van der Waals surface area contributed by atoms with Crippen LogP contribution >= 0.6 is 11.8 Å². The summed E-state index contributed by atoms with van der Waals surface area (Å²) in [4.78, 5) is 13.0. The number of thioether (sulfide) groups is 1. The highest BCUT2D eigenvalue weighted by Gasteiger charge is 2.11. The van der Waals surface area contributed by atoms with Gasteiger partial charge in [-0.3, -0.25) is 4.79 Å². The summed E-state index contributed by atoms with van der Waals surface area (Å²) in [6.45, 7) is 4.62. The van der Waals surface area contributed by atoms with Crippen LogP contribution in [-0.2, 0) is 5.75 Å². The third-order valence-corrected chi connectivity index (χ3v) is 3.81. The quantitative estimate of drug-likeness (QED) is 0.828. The zero-order chi connectivity index (χ0) is 14.4. The number of nitrogens with zero attached hydrogens (tertiary/aromatic N) is 1. The Morgan fingerprint density at radius 1 is 1.40 bits per heavy atom. The second-order valence-corrected chi connectivity index (χ2v) is 5.49. The predicted molar refractivity (Wildman–Crippen MR) is 79.9 cm³/mol. The topological polar surface area (TPSA) is 55.1 Å². The monoisotopic (exact) mass is 290 g/mol. The van der Waals surface area contributed by atoms with E-state index in [1.807, 2.05) is 44.2 Å². The number of nitrogens with one attached hydrogen (secondary N) is 1. The number of aryl methyl sites for hydroxylation is 1. The second-order valence-electron chi connectivity index (χ2n) is 4.48. The smallest absolute Gasteiger partial charge is 0.252 e. The largest absolute Gasteiger partial charge is 0.360 e. The average molecular weight is 290 g/mol. The van der Waals surface area contributed by atoms with Crippen molar-refractivity contribution in [3.63, 3.8) is 0 Å². The number of hydrogen-bond acceptors (Lipinski definition) is 4. The third kappa shape index (κ3) is 3.87. The molecule has 0 saturated carbocycles. The van der Waals surface area contributed by atoms with E-state index in [0.29, 0.717) is 17.9 Å². The van der Waals surface area contributed by atoms with Gasteiger partial charge in [0.05, 0.1) is 17.0 Å². The maximum atomic E-state index is 12.1. The first-order chi connectivity index (χ1) is 9.70. The number of carbonyl (C=O) groups is 1. The van der Waals surface area contributed by atoms with E-state index >= 15 is 0 Å². The van der Waals surface area contributed by atoms with Crippen molar-refractivity contribution in [2.24, 2.45) is 0 Å². The number of amides is 1. The first kappa shape index (κ1) is 14.7. The molecule has 1 amide bonds. The van der Waals surface area contributed by atoms with Crippen molar-refractivity contribution in [2.75, 3.05) is 6.54 Å². The Morgan fingerprint density at radius 2 is 2.20 bits per heavy atom. The van der Waals surface area contributed by atoms with Crippen molar-refractivity contribution >= 4 is 17.7 Å². The SMILES string of the molecule is CCCNC(=O)c1ccccc1SCc1cc(C)no1.